The Kier molecular flexibility index (Phi) is 5.81. The summed E-state index contributed by atoms with van der Waals surface area (Å²) in [6, 6.07) is 1.86. The van der Waals surface area contributed by atoms with Crippen LogP contribution < -0.4 is 10.6 Å². The highest BCUT2D eigenvalue weighted by Gasteiger charge is 2.14. The van der Waals surface area contributed by atoms with Gasteiger partial charge in [-0.1, -0.05) is 11.6 Å². The normalized spacial score (nSPS) is 14.4. The molecule has 1 aliphatic carbocycles. The van der Waals surface area contributed by atoms with Gasteiger partial charge in [0.25, 0.3) is 0 Å². The molecule has 0 aromatic carbocycles. The van der Waals surface area contributed by atoms with Crippen molar-refractivity contribution in [2.45, 2.75) is 52.5 Å². The van der Waals surface area contributed by atoms with Gasteiger partial charge in [0.05, 0.1) is 0 Å². The molecule has 0 saturated carbocycles. The van der Waals surface area contributed by atoms with E-state index in [1.807, 2.05) is 19.9 Å². The largest absolute Gasteiger partial charge is 0.466 e. The van der Waals surface area contributed by atoms with Crippen LogP contribution in [0, 0.1) is 13.8 Å². The van der Waals surface area contributed by atoms with Gasteiger partial charge < -0.3 is 15.1 Å². The van der Waals surface area contributed by atoms with Gasteiger partial charge in [-0.05, 0) is 52.0 Å². The molecule has 2 rings (SSSR count). The third-order valence-corrected chi connectivity index (χ3v) is 3.91. The molecule has 5 heteroatoms. The quantitative estimate of drug-likeness (QED) is 0.648. The number of aryl methyl sites for hydroxylation is 2. The Morgan fingerprint density at radius 3 is 2.59 bits per heavy atom. The van der Waals surface area contributed by atoms with E-state index in [0.29, 0.717) is 13.1 Å². The first-order valence-corrected chi connectivity index (χ1v) is 7.86. The Morgan fingerprint density at radius 2 is 1.95 bits per heavy atom. The fourth-order valence-corrected chi connectivity index (χ4v) is 2.66. The lowest BCUT2D eigenvalue weighted by Gasteiger charge is -2.12. The fraction of sp³-hybridized carbons (Fsp3) is 0.529. The SMILES string of the molecule is Cc1cc(CNC(=O)C(=O)NCCC2=CCCCC2)c(C)o1. The Morgan fingerprint density at radius 1 is 1.18 bits per heavy atom. The van der Waals surface area contributed by atoms with Crippen molar-refractivity contribution in [3.8, 4) is 0 Å². The number of carbonyl (C=O) groups is 2. The summed E-state index contributed by atoms with van der Waals surface area (Å²) in [5.74, 6) is 0.388. The van der Waals surface area contributed by atoms with Crippen molar-refractivity contribution in [2.24, 2.45) is 0 Å². The molecule has 0 aliphatic heterocycles. The highest BCUT2D eigenvalue weighted by atomic mass is 16.3. The summed E-state index contributed by atoms with van der Waals surface area (Å²) in [7, 11) is 0. The molecule has 0 unspecified atom stereocenters. The van der Waals surface area contributed by atoms with Crippen LogP contribution in [0.1, 0.15) is 49.2 Å². The zero-order valence-corrected chi connectivity index (χ0v) is 13.3. The smallest absolute Gasteiger partial charge is 0.309 e. The van der Waals surface area contributed by atoms with Gasteiger partial charge in [-0.2, -0.15) is 0 Å². The van der Waals surface area contributed by atoms with Gasteiger partial charge in [-0.3, -0.25) is 9.59 Å². The van der Waals surface area contributed by atoms with Crippen LogP contribution in [-0.2, 0) is 16.1 Å². The first kappa shape index (κ1) is 16.3. The molecule has 0 bridgehead atoms. The van der Waals surface area contributed by atoms with E-state index in [-0.39, 0.29) is 0 Å². The molecule has 0 radical (unpaired) electrons. The molecule has 0 spiro atoms. The van der Waals surface area contributed by atoms with Crippen molar-refractivity contribution in [1.82, 2.24) is 10.6 Å². The summed E-state index contributed by atoms with van der Waals surface area (Å²) < 4.78 is 5.38. The van der Waals surface area contributed by atoms with Crippen LogP contribution in [0.25, 0.3) is 0 Å². The predicted octanol–water partition coefficient (Wildman–Crippen LogP) is 2.52. The summed E-state index contributed by atoms with van der Waals surface area (Å²) >= 11 is 0. The van der Waals surface area contributed by atoms with Crippen LogP contribution in [-0.4, -0.2) is 18.4 Å². The van der Waals surface area contributed by atoms with Gasteiger partial charge in [-0.15, -0.1) is 0 Å². The first-order valence-electron chi connectivity index (χ1n) is 7.86. The average molecular weight is 304 g/mol. The van der Waals surface area contributed by atoms with Crippen LogP contribution in [0.5, 0.6) is 0 Å². The summed E-state index contributed by atoms with van der Waals surface area (Å²) in [4.78, 5) is 23.5. The van der Waals surface area contributed by atoms with Crippen molar-refractivity contribution in [3.63, 3.8) is 0 Å². The molecule has 1 aromatic rings. The number of rotatable bonds is 5. The van der Waals surface area contributed by atoms with E-state index in [2.05, 4.69) is 16.7 Å². The third-order valence-electron chi connectivity index (χ3n) is 3.91. The molecule has 2 N–H and O–H groups in total. The van der Waals surface area contributed by atoms with E-state index in [0.717, 1.165) is 36.3 Å². The van der Waals surface area contributed by atoms with Crippen LogP contribution in [0.15, 0.2) is 22.1 Å². The van der Waals surface area contributed by atoms with E-state index >= 15 is 0 Å². The van der Waals surface area contributed by atoms with Gasteiger partial charge in [-0.25, -0.2) is 0 Å². The molecule has 1 heterocycles. The second-order valence-electron chi connectivity index (χ2n) is 5.74. The van der Waals surface area contributed by atoms with Crippen LogP contribution in [0.4, 0.5) is 0 Å². The van der Waals surface area contributed by atoms with Gasteiger partial charge in [0.2, 0.25) is 0 Å². The highest BCUT2D eigenvalue weighted by molar-refractivity contribution is 6.35. The molecule has 0 fully saturated rings. The zero-order chi connectivity index (χ0) is 15.9. The highest BCUT2D eigenvalue weighted by Crippen LogP contribution is 2.19. The molecule has 0 atom stereocenters. The van der Waals surface area contributed by atoms with Crippen molar-refractivity contribution in [2.75, 3.05) is 6.54 Å². The number of carbonyl (C=O) groups excluding carboxylic acids is 2. The number of hydrogen-bond acceptors (Lipinski definition) is 3. The standard InChI is InChI=1S/C17H24N2O3/c1-12-10-15(13(2)22-12)11-19-17(21)16(20)18-9-8-14-6-4-3-5-7-14/h6,10H,3-5,7-9,11H2,1-2H3,(H,18,20)(H,19,21). The number of allylic oxidation sites excluding steroid dienone is 1. The van der Waals surface area contributed by atoms with Gasteiger partial charge in [0.1, 0.15) is 11.5 Å². The summed E-state index contributed by atoms with van der Waals surface area (Å²) in [6.45, 7) is 4.51. The lowest BCUT2D eigenvalue weighted by Crippen LogP contribution is -2.40. The lowest BCUT2D eigenvalue weighted by atomic mass is 9.97. The third kappa shape index (κ3) is 4.76. The molecule has 2 amide bonds. The van der Waals surface area contributed by atoms with E-state index in [4.69, 9.17) is 4.42 Å². The molecular weight excluding hydrogens is 280 g/mol. The molecule has 22 heavy (non-hydrogen) atoms. The summed E-state index contributed by atoms with van der Waals surface area (Å²) in [5.41, 5.74) is 2.28. The van der Waals surface area contributed by atoms with E-state index in [1.54, 1.807) is 0 Å². The van der Waals surface area contributed by atoms with Crippen molar-refractivity contribution in [1.29, 1.82) is 0 Å². The van der Waals surface area contributed by atoms with E-state index in [9.17, 15) is 9.59 Å². The van der Waals surface area contributed by atoms with Gasteiger partial charge in [0.15, 0.2) is 0 Å². The number of nitrogens with one attached hydrogen (secondary N) is 2. The van der Waals surface area contributed by atoms with Crippen LogP contribution in [0.2, 0.25) is 0 Å². The molecule has 1 aliphatic rings. The molecule has 1 aromatic heterocycles. The topological polar surface area (TPSA) is 71.3 Å². The molecule has 0 saturated heterocycles. The van der Waals surface area contributed by atoms with Gasteiger partial charge in [0, 0.05) is 18.7 Å². The Labute approximate surface area is 131 Å². The molecular formula is C17H24N2O3. The van der Waals surface area contributed by atoms with Crippen LogP contribution >= 0.6 is 0 Å². The fourth-order valence-electron chi connectivity index (χ4n) is 2.66. The summed E-state index contributed by atoms with van der Waals surface area (Å²) in [5, 5.41) is 5.29. The lowest BCUT2D eigenvalue weighted by molar-refractivity contribution is -0.139. The Balaban J connectivity index is 1.69. The predicted molar refractivity (Wildman–Crippen MR) is 84.2 cm³/mol. The average Bonchev–Trinajstić information content (AvgIpc) is 2.83. The number of furan rings is 1. The zero-order valence-electron chi connectivity index (χ0n) is 13.3. The minimum Gasteiger partial charge on any atom is -0.466 e. The maximum atomic E-state index is 11.7. The first-order chi connectivity index (χ1) is 10.6. The van der Waals surface area contributed by atoms with Crippen LogP contribution in [0.3, 0.4) is 0 Å². The van der Waals surface area contributed by atoms with Crippen molar-refractivity contribution >= 4 is 11.8 Å². The minimum atomic E-state index is -0.601. The van der Waals surface area contributed by atoms with Gasteiger partial charge >= 0.3 is 11.8 Å². The minimum absolute atomic E-state index is 0.306. The second kappa shape index (κ2) is 7.82. The number of hydrogen-bond donors (Lipinski definition) is 2. The molecule has 5 nitrogen and oxygen atoms in total. The van der Waals surface area contributed by atoms with Crippen molar-refractivity contribution in [3.05, 3.63) is 34.8 Å². The van der Waals surface area contributed by atoms with E-state index < -0.39 is 11.8 Å². The molecule has 120 valence electrons. The second-order valence-corrected chi connectivity index (χ2v) is 5.74. The summed E-state index contributed by atoms with van der Waals surface area (Å²) in [6.07, 6.45) is 7.81. The number of amides is 2. The maximum absolute atomic E-state index is 11.7. The monoisotopic (exact) mass is 304 g/mol. The Bertz CT molecular complexity index is 572. The maximum Gasteiger partial charge on any atom is 0.309 e. The van der Waals surface area contributed by atoms with Crippen molar-refractivity contribution < 1.29 is 14.0 Å². The van der Waals surface area contributed by atoms with E-state index in [1.165, 1.54) is 18.4 Å². The Hall–Kier alpha value is -2.04.